The van der Waals surface area contributed by atoms with Crippen LogP contribution in [0.4, 0.5) is 0 Å². The number of nitrogens with zero attached hydrogens (tertiary/aromatic N) is 3. The summed E-state index contributed by atoms with van der Waals surface area (Å²) in [6.45, 7) is 3.89. The van der Waals surface area contributed by atoms with E-state index in [0.29, 0.717) is 12.2 Å². The van der Waals surface area contributed by atoms with Crippen LogP contribution in [-0.2, 0) is 23.7 Å². The Kier molecular flexibility index (Phi) is 3.28. The molecule has 0 radical (unpaired) electrons. The molecule has 0 spiro atoms. The summed E-state index contributed by atoms with van der Waals surface area (Å²) in [5.74, 6) is 0.841. The van der Waals surface area contributed by atoms with Crippen LogP contribution in [0, 0.1) is 0 Å². The van der Waals surface area contributed by atoms with E-state index in [0.717, 1.165) is 5.56 Å². The lowest BCUT2D eigenvalue weighted by atomic mass is 9.79. The number of ketones is 1. The Balaban J connectivity index is 2.21. The molecule has 4 nitrogen and oxygen atoms in total. The van der Waals surface area contributed by atoms with Crippen molar-refractivity contribution in [3.8, 4) is 0 Å². The van der Waals surface area contributed by atoms with Gasteiger partial charge in [-0.05, 0) is 19.4 Å². The second-order valence-corrected chi connectivity index (χ2v) is 4.89. The van der Waals surface area contributed by atoms with Crippen LogP contribution in [0.25, 0.3) is 0 Å². The molecule has 0 fully saturated rings. The summed E-state index contributed by atoms with van der Waals surface area (Å²) < 4.78 is 1.64. The van der Waals surface area contributed by atoms with Gasteiger partial charge < -0.3 is 0 Å². The molecule has 0 atom stereocenters. The number of rotatable bonds is 4. The molecule has 1 aromatic heterocycles. The van der Waals surface area contributed by atoms with Crippen LogP contribution in [0.3, 0.4) is 0 Å². The largest absolute Gasteiger partial charge is 0.298 e. The maximum atomic E-state index is 12.4. The highest BCUT2D eigenvalue weighted by molar-refractivity contribution is 5.90. The third kappa shape index (κ3) is 2.32. The van der Waals surface area contributed by atoms with Crippen molar-refractivity contribution in [1.29, 1.82) is 0 Å². The molecule has 94 valence electrons. The van der Waals surface area contributed by atoms with Crippen molar-refractivity contribution in [2.45, 2.75) is 25.7 Å². The first kappa shape index (κ1) is 12.5. The van der Waals surface area contributed by atoms with Crippen LogP contribution in [-0.4, -0.2) is 20.5 Å². The van der Waals surface area contributed by atoms with E-state index in [1.165, 1.54) is 6.33 Å². The highest BCUT2D eigenvalue weighted by Crippen LogP contribution is 2.25. The molecular weight excluding hydrogens is 226 g/mol. The smallest absolute Gasteiger partial charge is 0.150 e. The van der Waals surface area contributed by atoms with E-state index in [1.54, 1.807) is 11.7 Å². The number of aryl methyl sites for hydroxylation is 1. The molecule has 0 amide bonds. The van der Waals surface area contributed by atoms with Gasteiger partial charge in [-0.2, -0.15) is 5.10 Å². The standard InChI is InChI=1S/C14H17N3O/c1-14(2,11-7-5-4-6-8-11)12(18)9-13-15-10-16-17(13)3/h4-8,10H,9H2,1-3H3. The Hall–Kier alpha value is -1.97. The zero-order valence-electron chi connectivity index (χ0n) is 10.9. The number of Topliss-reactive ketones (excluding diaryl/α,β-unsaturated/α-hetero) is 1. The fourth-order valence-corrected chi connectivity index (χ4v) is 1.86. The van der Waals surface area contributed by atoms with E-state index in [1.807, 2.05) is 44.2 Å². The lowest BCUT2D eigenvalue weighted by Gasteiger charge is -2.23. The maximum Gasteiger partial charge on any atom is 0.150 e. The van der Waals surface area contributed by atoms with Gasteiger partial charge in [-0.1, -0.05) is 30.3 Å². The Bertz CT molecular complexity index is 543. The summed E-state index contributed by atoms with van der Waals surface area (Å²) in [7, 11) is 1.80. The van der Waals surface area contributed by atoms with E-state index in [4.69, 9.17) is 0 Å². The van der Waals surface area contributed by atoms with E-state index in [-0.39, 0.29) is 5.78 Å². The normalized spacial score (nSPS) is 11.5. The molecule has 2 rings (SSSR count). The summed E-state index contributed by atoms with van der Waals surface area (Å²) in [5.41, 5.74) is 0.518. The molecule has 0 aliphatic heterocycles. The molecule has 0 N–H and O–H groups in total. The first-order chi connectivity index (χ1) is 8.51. The zero-order valence-corrected chi connectivity index (χ0v) is 10.9. The average molecular weight is 243 g/mol. The first-order valence-corrected chi connectivity index (χ1v) is 5.93. The molecule has 4 heteroatoms. The monoisotopic (exact) mass is 243 g/mol. The molecule has 0 saturated carbocycles. The Morgan fingerprint density at radius 2 is 1.94 bits per heavy atom. The summed E-state index contributed by atoms with van der Waals surface area (Å²) in [6.07, 6.45) is 1.77. The quantitative estimate of drug-likeness (QED) is 0.824. The summed E-state index contributed by atoms with van der Waals surface area (Å²) in [5, 5.41) is 3.98. The molecule has 0 unspecified atom stereocenters. The fourth-order valence-electron chi connectivity index (χ4n) is 1.86. The van der Waals surface area contributed by atoms with Crippen molar-refractivity contribution in [3.63, 3.8) is 0 Å². The van der Waals surface area contributed by atoms with E-state index < -0.39 is 5.41 Å². The van der Waals surface area contributed by atoms with Crippen molar-refractivity contribution in [1.82, 2.24) is 14.8 Å². The molecule has 0 aliphatic carbocycles. The lowest BCUT2D eigenvalue weighted by Crippen LogP contribution is -2.31. The van der Waals surface area contributed by atoms with Crippen LogP contribution in [0.2, 0.25) is 0 Å². The molecule has 2 aromatic rings. The molecule has 0 bridgehead atoms. The van der Waals surface area contributed by atoms with Crippen molar-refractivity contribution in [3.05, 3.63) is 48.0 Å². The predicted molar refractivity (Wildman–Crippen MR) is 69.2 cm³/mol. The van der Waals surface area contributed by atoms with Gasteiger partial charge >= 0.3 is 0 Å². The van der Waals surface area contributed by atoms with Crippen LogP contribution >= 0.6 is 0 Å². The van der Waals surface area contributed by atoms with Crippen molar-refractivity contribution in [2.24, 2.45) is 7.05 Å². The van der Waals surface area contributed by atoms with Gasteiger partial charge in [0.1, 0.15) is 17.9 Å². The number of aromatic nitrogens is 3. The zero-order chi connectivity index (χ0) is 13.2. The Labute approximate surface area is 107 Å². The highest BCUT2D eigenvalue weighted by Gasteiger charge is 2.30. The molecule has 18 heavy (non-hydrogen) atoms. The maximum absolute atomic E-state index is 12.4. The topological polar surface area (TPSA) is 47.8 Å². The molecular formula is C14H17N3O. The average Bonchev–Trinajstić information content (AvgIpc) is 2.76. The molecule has 0 aliphatic rings. The van der Waals surface area contributed by atoms with Crippen LogP contribution in [0.15, 0.2) is 36.7 Å². The van der Waals surface area contributed by atoms with E-state index in [9.17, 15) is 4.79 Å². The number of hydrogen-bond acceptors (Lipinski definition) is 3. The summed E-state index contributed by atoms with van der Waals surface area (Å²) in [6, 6.07) is 9.81. The molecule has 1 heterocycles. The Morgan fingerprint density at radius 1 is 1.28 bits per heavy atom. The van der Waals surface area contributed by atoms with Gasteiger partial charge in [-0.3, -0.25) is 9.48 Å². The van der Waals surface area contributed by atoms with Crippen LogP contribution in [0.5, 0.6) is 0 Å². The van der Waals surface area contributed by atoms with Gasteiger partial charge in [0.05, 0.1) is 6.42 Å². The van der Waals surface area contributed by atoms with Gasteiger partial charge in [-0.25, -0.2) is 4.98 Å². The van der Waals surface area contributed by atoms with E-state index >= 15 is 0 Å². The predicted octanol–water partition coefficient (Wildman–Crippen LogP) is 1.90. The molecule has 0 saturated heterocycles. The lowest BCUT2D eigenvalue weighted by molar-refractivity contribution is -0.123. The summed E-state index contributed by atoms with van der Waals surface area (Å²) >= 11 is 0. The number of hydrogen-bond donors (Lipinski definition) is 0. The van der Waals surface area contributed by atoms with Crippen molar-refractivity contribution >= 4 is 5.78 Å². The minimum Gasteiger partial charge on any atom is -0.298 e. The SMILES string of the molecule is Cn1ncnc1CC(=O)C(C)(C)c1ccccc1. The third-order valence-electron chi connectivity index (χ3n) is 3.32. The minimum absolute atomic E-state index is 0.143. The van der Waals surface area contributed by atoms with Crippen molar-refractivity contribution in [2.75, 3.05) is 0 Å². The Morgan fingerprint density at radius 3 is 2.50 bits per heavy atom. The van der Waals surface area contributed by atoms with Crippen molar-refractivity contribution < 1.29 is 4.79 Å². The third-order valence-corrected chi connectivity index (χ3v) is 3.32. The van der Waals surface area contributed by atoms with Crippen LogP contribution in [0.1, 0.15) is 25.2 Å². The number of carbonyl (C=O) groups excluding carboxylic acids is 1. The van der Waals surface area contributed by atoms with Gasteiger partial charge in [0, 0.05) is 12.5 Å². The second-order valence-electron chi connectivity index (χ2n) is 4.89. The fraction of sp³-hybridized carbons (Fsp3) is 0.357. The van der Waals surface area contributed by atoms with Gasteiger partial charge in [0.25, 0.3) is 0 Å². The molecule has 1 aromatic carbocycles. The minimum atomic E-state index is -0.507. The number of carbonyl (C=O) groups is 1. The van der Waals surface area contributed by atoms with Gasteiger partial charge in [0.2, 0.25) is 0 Å². The summed E-state index contributed by atoms with van der Waals surface area (Å²) in [4.78, 5) is 16.5. The van der Waals surface area contributed by atoms with Crippen LogP contribution < -0.4 is 0 Å². The number of benzene rings is 1. The highest BCUT2D eigenvalue weighted by atomic mass is 16.1. The van der Waals surface area contributed by atoms with E-state index in [2.05, 4.69) is 10.1 Å². The van der Waals surface area contributed by atoms with Gasteiger partial charge in [0.15, 0.2) is 0 Å². The van der Waals surface area contributed by atoms with Gasteiger partial charge in [-0.15, -0.1) is 0 Å². The first-order valence-electron chi connectivity index (χ1n) is 5.93. The second kappa shape index (κ2) is 4.72.